The number of likely N-dealkylation sites (N-methyl/N-ethyl adjacent to an activating group) is 1. The Bertz CT molecular complexity index is 1010. The van der Waals surface area contributed by atoms with E-state index >= 15 is 0 Å². The van der Waals surface area contributed by atoms with Gasteiger partial charge in [-0.05, 0) is 38.2 Å². The van der Waals surface area contributed by atoms with Gasteiger partial charge in [-0.25, -0.2) is 4.79 Å². The molecule has 0 atom stereocenters. The first kappa shape index (κ1) is 19.0. The number of carbonyl (C=O) groups excluding carboxylic acids is 2. The van der Waals surface area contributed by atoms with E-state index in [0.29, 0.717) is 22.3 Å². The first-order valence-corrected chi connectivity index (χ1v) is 9.64. The van der Waals surface area contributed by atoms with E-state index in [1.54, 1.807) is 31.5 Å². The number of benzene rings is 1. The topological polar surface area (TPSA) is 95.5 Å². The molecule has 0 aliphatic carbocycles. The Labute approximate surface area is 168 Å². The van der Waals surface area contributed by atoms with Crippen LogP contribution < -0.4 is 10.2 Å². The maximum Gasteiger partial charge on any atom is 0.435 e. The third-order valence-electron chi connectivity index (χ3n) is 5.08. The molecule has 1 fully saturated rings. The van der Waals surface area contributed by atoms with Crippen LogP contribution in [0.15, 0.2) is 36.7 Å². The zero-order valence-corrected chi connectivity index (χ0v) is 16.5. The highest BCUT2D eigenvalue weighted by molar-refractivity contribution is 6.08. The Morgan fingerprint density at radius 2 is 1.86 bits per heavy atom. The summed E-state index contributed by atoms with van der Waals surface area (Å²) >= 11 is 0. The van der Waals surface area contributed by atoms with Crippen molar-refractivity contribution < 1.29 is 14.3 Å². The molecule has 0 saturated carbocycles. The number of hydrogen-bond donors (Lipinski definition) is 2. The van der Waals surface area contributed by atoms with E-state index < -0.39 is 6.09 Å². The quantitative estimate of drug-likeness (QED) is 0.703. The minimum atomic E-state index is -0.589. The van der Waals surface area contributed by atoms with E-state index in [1.165, 1.54) is 0 Å². The van der Waals surface area contributed by atoms with Crippen molar-refractivity contribution in [3.63, 3.8) is 0 Å². The van der Waals surface area contributed by atoms with E-state index in [-0.39, 0.29) is 12.5 Å². The molecule has 2 aromatic heterocycles. The fraction of sp³-hybridized carbons (Fsp3) is 0.350. The van der Waals surface area contributed by atoms with Gasteiger partial charge < -0.3 is 24.8 Å². The number of carbonyl (C=O) groups is 2. The number of ether oxygens (including phenoxy) is 1. The second-order valence-electron chi connectivity index (χ2n) is 7.00. The molecule has 1 saturated heterocycles. The van der Waals surface area contributed by atoms with E-state index in [4.69, 9.17) is 4.74 Å². The molecule has 1 aliphatic heterocycles. The largest absolute Gasteiger partial charge is 0.448 e. The number of fused-ring (bicyclic) bond motifs is 1. The van der Waals surface area contributed by atoms with Crippen molar-refractivity contribution in [2.24, 2.45) is 0 Å². The minimum Gasteiger partial charge on any atom is -0.448 e. The van der Waals surface area contributed by atoms with Gasteiger partial charge in [0.15, 0.2) is 5.82 Å². The molecule has 0 radical (unpaired) electrons. The van der Waals surface area contributed by atoms with Gasteiger partial charge in [0.25, 0.3) is 5.91 Å². The summed E-state index contributed by atoms with van der Waals surface area (Å²) in [5, 5.41) is 7.64. The maximum atomic E-state index is 12.7. The van der Waals surface area contributed by atoms with Gasteiger partial charge in [-0.15, -0.1) is 5.10 Å². The maximum absolute atomic E-state index is 12.7. The van der Waals surface area contributed by atoms with Crippen LogP contribution in [0.3, 0.4) is 0 Å². The molecule has 4 rings (SSSR count). The van der Waals surface area contributed by atoms with Gasteiger partial charge in [-0.1, -0.05) is 0 Å². The number of rotatable bonds is 4. The van der Waals surface area contributed by atoms with Gasteiger partial charge in [0.05, 0.1) is 12.0 Å². The number of H-pyrrole nitrogens is 1. The first-order chi connectivity index (χ1) is 14.1. The van der Waals surface area contributed by atoms with E-state index in [2.05, 4.69) is 32.2 Å². The molecule has 3 heterocycles. The summed E-state index contributed by atoms with van der Waals surface area (Å²) < 4.78 is 6.15. The zero-order chi connectivity index (χ0) is 20.4. The Kier molecular flexibility index (Phi) is 5.22. The molecule has 9 nitrogen and oxygen atoms in total. The molecular formula is C20H24N6O3. The zero-order valence-electron chi connectivity index (χ0n) is 16.5. The molecule has 29 heavy (non-hydrogen) atoms. The Morgan fingerprint density at radius 1 is 1.14 bits per heavy atom. The number of amides is 1. The molecule has 152 valence electrons. The molecule has 0 spiro atoms. The molecule has 1 amide bonds. The predicted octanol–water partition coefficient (Wildman–Crippen LogP) is 2.37. The standard InChI is InChI=1S/C20H24N6O3/c1-3-29-20(28)26-17-13-21-12-16(17)18(23-26)22-19(27)14-4-6-15(7-5-14)25-10-8-24(2)9-11-25/h4-7,12-13,21H,3,8-11H2,1-2H3,(H,22,23,27). The summed E-state index contributed by atoms with van der Waals surface area (Å²) in [4.78, 5) is 32.3. The Hall–Kier alpha value is -3.33. The summed E-state index contributed by atoms with van der Waals surface area (Å²) in [6.45, 7) is 5.96. The number of hydrogen-bond acceptors (Lipinski definition) is 6. The molecule has 1 aromatic carbocycles. The van der Waals surface area contributed by atoms with Crippen LogP contribution in [0, 0.1) is 0 Å². The Morgan fingerprint density at radius 3 is 2.55 bits per heavy atom. The van der Waals surface area contributed by atoms with E-state index in [1.807, 2.05) is 12.1 Å². The lowest BCUT2D eigenvalue weighted by molar-refractivity contribution is 0.102. The van der Waals surface area contributed by atoms with Crippen molar-refractivity contribution in [3.05, 3.63) is 42.2 Å². The van der Waals surface area contributed by atoms with Crippen molar-refractivity contribution in [1.29, 1.82) is 0 Å². The smallest absolute Gasteiger partial charge is 0.435 e. The van der Waals surface area contributed by atoms with E-state index in [9.17, 15) is 9.59 Å². The second kappa shape index (κ2) is 7.96. The van der Waals surface area contributed by atoms with Crippen LogP contribution in [0.25, 0.3) is 10.9 Å². The average molecular weight is 396 g/mol. The van der Waals surface area contributed by atoms with Crippen LogP contribution in [0.1, 0.15) is 17.3 Å². The van der Waals surface area contributed by atoms with Gasteiger partial charge in [0, 0.05) is 49.8 Å². The highest BCUT2D eigenvalue weighted by Gasteiger charge is 2.20. The molecule has 0 bridgehead atoms. The van der Waals surface area contributed by atoms with Gasteiger partial charge >= 0.3 is 6.09 Å². The number of aromatic nitrogens is 3. The van der Waals surface area contributed by atoms with E-state index in [0.717, 1.165) is 36.5 Å². The molecule has 0 unspecified atom stereocenters. The van der Waals surface area contributed by atoms with Crippen molar-refractivity contribution >= 4 is 34.4 Å². The third kappa shape index (κ3) is 3.81. The molecule has 3 aromatic rings. The van der Waals surface area contributed by atoms with Crippen LogP contribution in [-0.4, -0.2) is 71.5 Å². The highest BCUT2D eigenvalue weighted by Crippen LogP contribution is 2.24. The SMILES string of the molecule is CCOC(=O)n1nc(NC(=O)c2ccc(N3CCN(C)CC3)cc2)c2c[nH]cc21. The molecule has 2 N–H and O–H groups in total. The van der Waals surface area contributed by atoms with Crippen LogP contribution >= 0.6 is 0 Å². The Balaban J connectivity index is 1.49. The number of piperazine rings is 1. The van der Waals surface area contributed by atoms with Crippen molar-refractivity contribution in [2.45, 2.75) is 6.92 Å². The number of anilines is 2. The summed E-state index contributed by atoms with van der Waals surface area (Å²) in [5.74, 6) is 0.0222. The fourth-order valence-electron chi connectivity index (χ4n) is 3.41. The average Bonchev–Trinajstić information content (AvgIpc) is 3.33. The van der Waals surface area contributed by atoms with Gasteiger partial charge in [-0.2, -0.15) is 4.68 Å². The molecular weight excluding hydrogens is 372 g/mol. The van der Waals surface area contributed by atoms with Crippen molar-refractivity contribution in [2.75, 3.05) is 50.1 Å². The normalized spacial score (nSPS) is 14.9. The lowest BCUT2D eigenvalue weighted by Gasteiger charge is -2.34. The van der Waals surface area contributed by atoms with Crippen molar-refractivity contribution in [1.82, 2.24) is 19.7 Å². The summed E-state index contributed by atoms with van der Waals surface area (Å²) in [6, 6.07) is 7.53. The minimum absolute atomic E-state index is 0.242. The van der Waals surface area contributed by atoms with Crippen molar-refractivity contribution in [3.8, 4) is 0 Å². The first-order valence-electron chi connectivity index (χ1n) is 9.64. The highest BCUT2D eigenvalue weighted by atomic mass is 16.5. The third-order valence-corrected chi connectivity index (χ3v) is 5.08. The van der Waals surface area contributed by atoms with Gasteiger partial charge in [0.2, 0.25) is 0 Å². The molecule has 9 heteroatoms. The summed E-state index contributed by atoms with van der Waals surface area (Å²) in [6.07, 6.45) is 2.73. The number of nitrogens with one attached hydrogen (secondary N) is 2. The second-order valence-corrected chi connectivity index (χ2v) is 7.00. The summed E-state index contributed by atoms with van der Waals surface area (Å²) in [7, 11) is 2.12. The number of aromatic amines is 1. The monoisotopic (exact) mass is 396 g/mol. The van der Waals surface area contributed by atoms with Crippen LogP contribution in [0.5, 0.6) is 0 Å². The van der Waals surface area contributed by atoms with Crippen LogP contribution in [0.4, 0.5) is 16.3 Å². The summed E-state index contributed by atoms with van der Waals surface area (Å²) in [5.41, 5.74) is 2.18. The van der Waals surface area contributed by atoms with Crippen LogP contribution in [0.2, 0.25) is 0 Å². The van der Waals surface area contributed by atoms with Crippen LogP contribution in [-0.2, 0) is 4.74 Å². The van der Waals surface area contributed by atoms with Gasteiger partial charge in [0.1, 0.15) is 5.52 Å². The lowest BCUT2D eigenvalue weighted by Crippen LogP contribution is -2.44. The fourth-order valence-corrected chi connectivity index (χ4v) is 3.41. The molecule has 1 aliphatic rings. The number of nitrogens with zero attached hydrogens (tertiary/aromatic N) is 4. The lowest BCUT2D eigenvalue weighted by atomic mass is 10.1. The predicted molar refractivity (Wildman–Crippen MR) is 111 cm³/mol. The van der Waals surface area contributed by atoms with Gasteiger partial charge in [-0.3, -0.25) is 4.79 Å².